The summed E-state index contributed by atoms with van der Waals surface area (Å²) >= 11 is 0. The third-order valence-corrected chi connectivity index (χ3v) is 13.9. The molecule has 5 amide bonds. The molecule has 0 bridgehead atoms. The van der Waals surface area contributed by atoms with Crippen molar-refractivity contribution < 1.29 is 47.9 Å². The molecule has 1 unspecified atom stereocenters. The fourth-order valence-corrected chi connectivity index (χ4v) is 10.2. The fourth-order valence-electron chi connectivity index (χ4n) is 10.2. The molecule has 1 aliphatic heterocycles. The van der Waals surface area contributed by atoms with Crippen LogP contribution >= 0.6 is 0 Å². The number of carbonyl (C=O) groups is 9. The molecule has 1 aromatic carbocycles. The number of likely N-dealkylation sites (tertiary alicyclic amines) is 1. The minimum atomic E-state index is -1.02. The molecule has 70 heavy (non-hydrogen) atoms. The molecule has 2 heterocycles. The van der Waals surface area contributed by atoms with Gasteiger partial charge in [0, 0.05) is 77.1 Å². The molecule has 2 saturated carbocycles. The van der Waals surface area contributed by atoms with Crippen LogP contribution in [0.2, 0.25) is 0 Å². The zero-order chi connectivity index (χ0) is 51.0. The van der Waals surface area contributed by atoms with E-state index in [-0.39, 0.29) is 68.0 Å². The summed E-state index contributed by atoms with van der Waals surface area (Å²) in [6.45, 7) is 6.81. The monoisotopic (exact) mass is 970 g/mol. The molecule has 5 rings (SSSR count). The first-order valence-corrected chi connectivity index (χ1v) is 25.4. The van der Waals surface area contributed by atoms with E-state index in [9.17, 15) is 43.2 Å². The number of aromatic nitrogens is 2. The van der Waals surface area contributed by atoms with Crippen LogP contribution in [-0.4, -0.2) is 117 Å². The van der Waals surface area contributed by atoms with Gasteiger partial charge in [0.25, 0.3) is 5.91 Å². The summed E-state index contributed by atoms with van der Waals surface area (Å²) in [4.78, 5) is 135. The molecule has 6 atom stereocenters. The van der Waals surface area contributed by atoms with Gasteiger partial charge >= 0.3 is 6.09 Å². The van der Waals surface area contributed by atoms with Gasteiger partial charge in [-0.05, 0) is 63.9 Å². The topological polar surface area (TPSA) is 231 Å². The standard InChI is InChI=1S/C53H75N7O10/c1-7-17-37(48(65)42(61)24-25-45(64)57-47(51(68)59(5)6)36-22-15-10-16-23-36)29-43(62)39-32-60(52(69)70-53(2,3)4)33-41(39)56-49(66)38(28-34-18-11-8-12-19-34)30-44(63)46(35-20-13-9-14-21-35)58-50(67)40-31-54-26-27-55-40/h10,15-16,22-23,26-27,31,34-35,37-39,41,46-47H,7-9,11-14,17-21,24-25,28-30,32-33H2,1-6H3,(H,56,66)(H,57,64)(H,58,67)/t37-,38?,39-,41+,46+,47+/m1/s1. The van der Waals surface area contributed by atoms with Crippen LogP contribution in [0.25, 0.3) is 0 Å². The van der Waals surface area contributed by atoms with Gasteiger partial charge in [-0.2, -0.15) is 0 Å². The van der Waals surface area contributed by atoms with Gasteiger partial charge in [0.2, 0.25) is 23.5 Å². The first-order valence-electron chi connectivity index (χ1n) is 25.4. The first kappa shape index (κ1) is 55.1. The number of nitrogens with one attached hydrogen (secondary N) is 3. The molecule has 0 radical (unpaired) electrons. The Kier molecular flexibility index (Phi) is 20.7. The highest BCUT2D eigenvalue weighted by Gasteiger charge is 2.44. The second kappa shape index (κ2) is 26.4. The molecule has 1 saturated heterocycles. The summed E-state index contributed by atoms with van der Waals surface area (Å²) < 4.78 is 5.68. The first-order chi connectivity index (χ1) is 33.3. The van der Waals surface area contributed by atoms with E-state index >= 15 is 0 Å². The van der Waals surface area contributed by atoms with E-state index in [2.05, 4.69) is 25.9 Å². The number of amides is 5. The lowest BCUT2D eigenvalue weighted by atomic mass is 9.77. The maximum atomic E-state index is 14.7. The minimum absolute atomic E-state index is 0.0687. The van der Waals surface area contributed by atoms with Crippen molar-refractivity contribution in [2.75, 3.05) is 27.2 Å². The third kappa shape index (κ3) is 16.4. The lowest BCUT2D eigenvalue weighted by Gasteiger charge is -2.32. The van der Waals surface area contributed by atoms with Gasteiger partial charge in [-0.1, -0.05) is 95.0 Å². The summed E-state index contributed by atoms with van der Waals surface area (Å²) in [6, 6.07) is 5.94. The maximum absolute atomic E-state index is 14.7. The van der Waals surface area contributed by atoms with Crippen molar-refractivity contribution in [2.24, 2.45) is 29.6 Å². The quantitative estimate of drug-likeness (QED) is 0.104. The van der Waals surface area contributed by atoms with E-state index in [1.165, 1.54) is 28.4 Å². The summed E-state index contributed by atoms with van der Waals surface area (Å²) in [5, 5.41) is 8.72. The number of nitrogens with zero attached hydrogens (tertiary/aromatic N) is 4. The summed E-state index contributed by atoms with van der Waals surface area (Å²) in [6.07, 6.45) is 12.7. The van der Waals surface area contributed by atoms with Crippen molar-refractivity contribution in [3.63, 3.8) is 0 Å². The Labute approximate surface area is 412 Å². The maximum Gasteiger partial charge on any atom is 0.410 e. The highest BCUT2D eigenvalue weighted by molar-refractivity contribution is 6.38. The van der Waals surface area contributed by atoms with E-state index in [1.807, 2.05) is 6.92 Å². The van der Waals surface area contributed by atoms with Crippen molar-refractivity contribution in [1.29, 1.82) is 0 Å². The zero-order valence-electron chi connectivity index (χ0n) is 42.0. The Morgan fingerprint density at radius 1 is 0.814 bits per heavy atom. The number of carbonyl (C=O) groups excluding carboxylic acids is 9. The van der Waals surface area contributed by atoms with Crippen LogP contribution in [0.3, 0.4) is 0 Å². The van der Waals surface area contributed by atoms with Gasteiger partial charge in [-0.15, -0.1) is 0 Å². The van der Waals surface area contributed by atoms with Crippen molar-refractivity contribution in [3.8, 4) is 0 Å². The Balaban J connectivity index is 1.33. The number of benzene rings is 1. The van der Waals surface area contributed by atoms with Crippen molar-refractivity contribution in [3.05, 3.63) is 60.2 Å². The summed E-state index contributed by atoms with van der Waals surface area (Å²) in [5.74, 6) is -6.93. The lowest BCUT2D eigenvalue weighted by Crippen LogP contribution is -2.50. The van der Waals surface area contributed by atoms with Crippen LogP contribution in [-0.2, 0) is 38.3 Å². The number of likely N-dealkylation sites (N-methyl/N-ethyl adjacent to an activating group) is 1. The van der Waals surface area contributed by atoms with Crippen LogP contribution in [0.1, 0.15) is 159 Å². The minimum Gasteiger partial charge on any atom is -0.444 e. The Hall–Kier alpha value is -5.87. The number of Topliss-reactive ketones (excluding diaryl/α,β-unsaturated/α-hetero) is 4. The molecule has 3 fully saturated rings. The summed E-state index contributed by atoms with van der Waals surface area (Å²) in [7, 11) is 3.13. The number of rotatable bonds is 23. The van der Waals surface area contributed by atoms with Gasteiger partial charge < -0.3 is 30.5 Å². The van der Waals surface area contributed by atoms with Crippen LogP contribution in [0, 0.1) is 29.6 Å². The molecular formula is C53H75N7O10. The molecule has 2 aromatic rings. The van der Waals surface area contributed by atoms with Crippen molar-refractivity contribution in [2.45, 2.75) is 161 Å². The Bertz CT molecular complexity index is 2130. The average Bonchev–Trinajstić information content (AvgIpc) is 3.77. The average molecular weight is 970 g/mol. The van der Waals surface area contributed by atoms with Crippen molar-refractivity contribution >= 4 is 52.9 Å². The normalized spacial score (nSPS) is 19.4. The smallest absolute Gasteiger partial charge is 0.410 e. The van der Waals surface area contributed by atoms with Crippen molar-refractivity contribution in [1.82, 2.24) is 35.7 Å². The van der Waals surface area contributed by atoms with Gasteiger partial charge in [-0.3, -0.25) is 43.3 Å². The lowest BCUT2D eigenvalue weighted by molar-refractivity contribution is -0.141. The van der Waals surface area contributed by atoms with Crippen LogP contribution in [0.15, 0.2) is 48.9 Å². The van der Waals surface area contributed by atoms with E-state index < -0.39 is 89.1 Å². The predicted molar refractivity (Wildman–Crippen MR) is 261 cm³/mol. The van der Waals surface area contributed by atoms with Gasteiger partial charge in [0.1, 0.15) is 23.1 Å². The molecular weight excluding hydrogens is 895 g/mol. The predicted octanol–water partition coefficient (Wildman–Crippen LogP) is 6.29. The second-order valence-corrected chi connectivity index (χ2v) is 20.7. The molecule has 17 nitrogen and oxygen atoms in total. The number of ether oxygens (including phenoxy) is 1. The Morgan fingerprint density at radius 2 is 1.49 bits per heavy atom. The van der Waals surface area contributed by atoms with E-state index in [0.29, 0.717) is 18.4 Å². The molecule has 382 valence electrons. The van der Waals surface area contributed by atoms with Crippen LogP contribution in [0.4, 0.5) is 4.79 Å². The van der Waals surface area contributed by atoms with Gasteiger partial charge in [0.15, 0.2) is 11.6 Å². The van der Waals surface area contributed by atoms with E-state index in [4.69, 9.17) is 4.74 Å². The molecule has 2 aliphatic carbocycles. The summed E-state index contributed by atoms with van der Waals surface area (Å²) in [5.41, 5.74) is -0.218. The molecule has 1 aromatic heterocycles. The van der Waals surface area contributed by atoms with E-state index in [0.717, 1.165) is 64.2 Å². The number of hydrogen-bond acceptors (Lipinski definition) is 12. The van der Waals surface area contributed by atoms with E-state index in [1.54, 1.807) is 65.2 Å². The second-order valence-electron chi connectivity index (χ2n) is 20.7. The highest BCUT2D eigenvalue weighted by atomic mass is 16.6. The SMILES string of the molecule is CCC[C@H](CC(=O)[C@@H]1CN(C(=O)OC(C)(C)C)C[C@@H]1NC(=O)C(CC(=O)[C@@H](NC(=O)c1cnccn1)C1CCCCC1)CC1CCCCC1)C(=O)C(=O)CCC(=O)N[C@H](C(=O)N(C)C)c1ccccc1. The molecule has 3 aliphatic rings. The molecule has 17 heteroatoms. The largest absolute Gasteiger partial charge is 0.444 e. The molecule has 3 N–H and O–H groups in total. The molecule has 0 spiro atoms. The van der Waals surface area contributed by atoms with Gasteiger partial charge in [0.05, 0.1) is 24.2 Å². The highest BCUT2D eigenvalue weighted by Crippen LogP contribution is 2.34. The zero-order valence-corrected chi connectivity index (χ0v) is 42.0. The van der Waals surface area contributed by atoms with Crippen LogP contribution < -0.4 is 16.0 Å². The van der Waals surface area contributed by atoms with Crippen LogP contribution in [0.5, 0.6) is 0 Å². The fraction of sp³-hybridized carbons (Fsp3) is 0.642. The number of ketones is 4. The Morgan fingerprint density at radius 3 is 2.10 bits per heavy atom. The number of hydrogen-bond donors (Lipinski definition) is 3. The van der Waals surface area contributed by atoms with Gasteiger partial charge in [-0.25, -0.2) is 9.78 Å². The third-order valence-electron chi connectivity index (χ3n) is 13.9.